The van der Waals surface area contributed by atoms with Gasteiger partial charge in [0.15, 0.2) is 7.98 Å². The van der Waals surface area contributed by atoms with Crippen LogP contribution in [-0.2, 0) is 0 Å². The van der Waals surface area contributed by atoms with E-state index in [0.29, 0.717) is 17.8 Å². The highest BCUT2D eigenvalue weighted by atomic mass is 15.0. The summed E-state index contributed by atoms with van der Waals surface area (Å²) in [6, 6.07) is 2.11. The molecule has 0 aromatic carbocycles. The number of nitriles is 1. The van der Waals surface area contributed by atoms with Gasteiger partial charge in [-0.2, -0.15) is 5.26 Å². The average Bonchev–Trinajstić information content (AvgIpc) is 2.09. The minimum Gasteiger partial charge on any atom is -0.401 e. The Morgan fingerprint density at radius 2 is 2.46 bits per heavy atom. The second-order valence-corrected chi connectivity index (χ2v) is 3.14. The molecule has 1 aliphatic heterocycles. The molecule has 0 amide bonds. The third-order valence-electron chi connectivity index (χ3n) is 2.07. The van der Waals surface area contributed by atoms with Gasteiger partial charge in [0.05, 0.1) is 5.57 Å². The number of allylic oxidation sites excluding steroid dienone is 2. The van der Waals surface area contributed by atoms with E-state index in [1.54, 1.807) is 11.7 Å². The Morgan fingerprint density at radius 1 is 1.77 bits per heavy atom. The van der Waals surface area contributed by atoms with Crippen molar-refractivity contribution < 1.29 is 0 Å². The summed E-state index contributed by atoms with van der Waals surface area (Å²) in [7, 11) is 5.57. The standard InChI is InChI=1S/C9H12BN3/c1-7(12)9(6-11)8-2-4-13(10)5-3-8/h2H,3-5,12H2,1H3/b9-7-. The Balaban J connectivity index is 2.85. The first kappa shape index (κ1) is 9.88. The molecule has 1 aliphatic rings. The highest BCUT2D eigenvalue weighted by Crippen LogP contribution is 2.18. The van der Waals surface area contributed by atoms with Gasteiger partial charge in [-0.05, 0) is 25.5 Å². The van der Waals surface area contributed by atoms with E-state index in [2.05, 4.69) is 6.07 Å². The van der Waals surface area contributed by atoms with Gasteiger partial charge in [0, 0.05) is 12.2 Å². The topological polar surface area (TPSA) is 53.0 Å². The first-order valence-corrected chi connectivity index (χ1v) is 4.20. The van der Waals surface area contributed by atoms with Crippen LogP contribution in [0.1, 0.15) is 13.3 Å². The van der Waals surface area contributed by atoms with Crippen molar-refractivity contribution in [3.63, 3.8) is 0 Å². The largest absolute Gasteiger partial charge is 0.401 e. The van der Waals surface area contributed by atoms with Crippen LogP contribution in [0.2, 0.25) is 0 Å². The van der Waals surface area contributed by atoms with E-state index in [9.17, 15) is 0 Å². The number of nitrogens with two attached hydrogens (primary N) is 1. The van der Waals surface area contributed by atoms with E-state index < -0.39 is 0 Å². The van der Waals surface area contributed by atoms with Crippen molar-refractivity contribution >= 4 is 7.98 Å². The van der Waals surface area contributed by atoms with Crippen LogP contribution in [0.25, 0.3) is 0 Å². The summed E-state index contributed by atoms with van der Waals surface area (Å²) >= 11 is 0. The Labute approximate surface area is 79.9 Å². The molecule has 3 nitrogen and oxygen atoms in total. The Hall–Kier alpha value is -1.21. The molecule has 0 bridgehead atoms. The van der Waals surface area contributed by atoms with Crippen molar-refractivity contribution in [3.8, 4) is 6.07 Å². The molecule has 0 spiro atoms. The third-order valence-corrected chi connectivity index (χ3v) is 2.07. The fourth-order valence-electron chi connectivity index (χ4n) is 1.33. The highest BCUT2D eigenvalue weighted by Gasteiger charge is 2.12. The fraction of sp³-hybridized carbons (Fsp3) is 0.444. The lowest BCUT2D eigenvalue weighted by atomic mass is 9.98. The number of hydrogen-bond acceptors (Lipinski definition) is 3. The maximum atomic E-state index is 8.84. The van der Waals surface area contributed by atoms with Gasteiger partial charge < -0.3 is 10.5 Å². The quantitative estimate of drug-likeness (QED) is 0.462. The van der Waals surface area contributed by atoms with Crippen LogP contribution in [0.5, 0.6) is 0 Å². The molecule has 0 unspecified atom stereocenters. The molecule has 0 atom stereocenters. The summed E-state index contributed by atoms with van der Waals surface area (Å²) in [6.45, 7) is 3.21. The van der Waals surface area contributed by atoms with Crippen LogP contribution in [0.15, 0.2) is 22.9 Å². The van der Waals surface area contributed by atoms with Crippen molar-refractivity contribution in [2.45, 2.75) is 13.3 Å². The molecule has 0 aliphatic carbocycles. The predicted octanol–water partition coefficient (Wildman–Crippen LogP) is 0.458. The molecule has 1 rings (SSSR count). The van der Waals surface area contributed by atoms with Crippen molar-refractivity contribution in [2.75, 3.05) is 13.1 Å². The molecule has 2 radical (unpaired) electrons. The molecule has 13 heavy (non-hydrogen) atoms. The van der Waals surface area contributed by atoms with E-state index >= 15 is 0 Å². The van der Waals surface area contributed by atoms with Crippen LogP contribution in [0.3, 0.4) is 0 Å². The lowest BCUT2D eigenvalue weighted by Crippen LogP contribution is -2.26. The monoisotopic (exact) mass is 173 g/mol. The molecule has 0 saturated carbocycles. The van der Waals surface area contributed by atoms with Gasteiger partial charge in [0.25, 0.3) is 0 Å². The van der Waals surface area contributed by atoms with Crippen LogP contribution >= 0.6 is 0 Å². The molecule has 66 valence electrons. The van der Waals surface area contributed by atoms with Gasteiger partial charge in [-0.15, -0.1) is 0 Å². The van der Waals surface area contributed by atoms with Gasteiger partial charge in [0.2, 0.25) is 0 Å². The van der Waals surface area contributed by atoms with Gasteiger partial charge in [-0.25, -0.2) is 0 Å². The minimum absolute atomic E-state index is 0.583. The van der Waals surface area contributed by atoms with Gasteiger partial charge in [0.1, 0.15) is 6.07 Å². The zero-order chi connectivity index (χ0) is 9.84. The van der Waals surface area contributed by atoms with Crippen LogP contribution in [-0.4, -0.2) is 25.9 Å². The fourth-order valence-corrected chi connectivity index (χ4v) is 1.33. The Kier molecular flexibility index (Phi) is 3.15. The summed E-state index contributed by atoms with van der Waals surface area (Å²) in [5.41, 5.74) is 7.79. The Bertz CT molecular complexity index is 294. The summed E-state index contributed by atoms with van der Waals surface area (Å²) in [5, 5.41) is 8.84. The number of rotatable bonds is 1. The molecular formula is C9H12BN3. The second kappa shape index (κ2) is 4.15. The number of nitrogens with zero attached hydrogens (tertiary/aromatic N) is 2. The van der Waals surface area contributed by atoms with Crippen LogP contribution < -0.4 is 5.73 Å². The number of hydrogen-bond donors (Lipinski definition) is 1. The SMILES string of the molecule is [B]N1CC=C(/C(C#N)=C(/C)N)CC1. The maximum absolute atomic E-state index is 8.84. The van der Waals surface area contributed by atoms with E-state index in [0.717, 1.165) is 18.5 Å². The van der Waals surface area contributed by atoms with Crippen molar-refractivity contribution in [1.82, 2.24) is 4.81 Å². The summed E-state index contributed by atoms with van der Waals surface area (Å²) in [4.78, 5) is 1.71. The normalized spacial score (nSPS) is 20.2. The predicted molar refractivity (Wildman–Crippen MR) is 52.5 cm³/mol. The molecule has 0 fully saturated rings. The molecule has 0 aromatic heterocycles. The summed E-state index contributed by atoms with van der Waals surface area (Å²) in [6.07, 6.45) is 2.76. The van der Waals surface area contributed by atoms with E-state index in [1.165, 1.54) is 0 Å². The Morgan fingerprint density at radius 3 is 2.85 bits per heavy atom. The van der Waals surface area contributed by atoms with E-state index in [-0.39, 0.29) is 0 Å². The van der Waals surface area contributed by atoms with Crippen molar-refractivity contribution in [1.29, 1.82) is 5.26 Å². The van der Waals surface area contributed by atoms with Gasteiger partial charge >= 0.3 is 0 Å². The van der Waals surface area contributed by atoms with Crippen molar-refractivity contribution in [3.05, 3.63) is 22.9 Å². The lowest BCUT2D eigenvalue weighted by Gasteiger charge is -2.22. The van der Waals surface area contributed by atoms with Crippen LogP contribution in [0.4, 0.5) is 0 Å². The first-order chi connectivity index (χ1) is 6.15. The van der Waals surface area contributed by atoms with Gasteiger partial charge in [-0.1, -0.05) is 6.08 Å². The molecule has 0 aromatic rings. The zero-order valence-corrected chi connectivity index (χ0v) is 7.75. The molecule has 4 heteroatoms. The van der Waals surface area contributed by atoms with E-state index in [1.807, 2.05) is 6.08 Å². The molecular weight excluding hydrogens is 161 g/mol. The minimum atomic E-state index is 0.583. The first-order valence-electron chi connectivity index (χ1n) is 4.20. The highest BCUT2D eigenvalue weighted by molar-refractivity contribution is 6.04. The smallest absolute Gasteiger partial charge is 0.182 e. The second-order valence-electron chi connectivity index (χ2n) is 3.14. The molecule has 0 saturated heterocycles. The summed E-state index contributed by atoms with van der Waals surface area (Å²) in [5.74, 6) is 0. The lowest BCUT2D eigenvalue weighted by molar-refractivity contribution is 0.483. The maximum Gasteiger partial charge on any atom is 0.182 e. The summed E-state index contributed by atoms with van der Waals surface area (Å²) < 4.78 is 0. The van der Waals surface area contributed by atoms with Crippen molar-refractivity contribution in [2.24, 2.45) is 5.73 Å². The van der Waals surface area contributed by atoms with E-state index in [4.69, 9.17) is 19.0 Å². The average molecular weight is 173 g/mol. The van der Waals surface area contributed by atoms with Gasteiger partial charge in [-0.3, -0.25) is 0 Å². The molecule has 2 N–H and O–H groups in total. The zero-order valence-electron chi connectivity index (χ0n) is 7.75. The third kappa shape index (κ3) is 2.36. The van der Waals surface area contributed by atoms with Crippen LogP contribution in [0, 0.1) is 11.3 Å². The molecule has 1 heterocycles.